The number of hydrogen-bond donors (Lipinski definition) is 0. The van der Waals surface area contributed by atoms with Gasteiger partial charge >= 0.3 is 5.97 Å². The molecular formula is C23H16O6S. The minimum atomic E-state index is -0.486. The quantitative estimate of drug-likeness (QED) is 0.430. The van der Waals surface area contributed by atoms with E-state index < -0.39 is 5.97 Å². The van der Waals surface area contributed by atoms with Crippen LogP contribution in [0.2, 0.25) is 0 Å². The Hall–Kier alpha value is -3.58. The third kappa shape index (κ3) is 3.04. The second-order valence-electron chi connectivity index (χ2n) is 6.87. The van der Waals surface area contributed by atoms with Crippen LogP contribution in [0, 0.1) is 13.8 Å². The second-order valence-corrected chi connectivity index (χ2v) is 7.82. The number of fused-ring (bicyclic) bond motifs is 2. The van der Waals surface area contributed by atoms with Gasteiger partial charge in [0.1, 0.15) is 22.1 Å². The topological polar surface area (TPSA) is 75.0 Å². The zero-order chi connectivity index (χ0) is 20.8. The monoisotopic (exact) mass is 420 g/mol. The van der Waals surface area contributed by atoms with E-state index in [9.17, 15) is 9.59 Å². The van der Waals surface area contributed by atoms with Gasteiger partial charge in [-0.2, -0.15) is 0 Å². The predicted molar refractivity (Wildman–Crippen MR) is 113 cm³/mol. The van der Waals surface area contributed by atoms with Crippen LogP contribution in [0.5, 0.6) is 17.2 Å². The predicted octanol–water partition coefficient (Wildman–Crippen LogP) is 5.09. The summed E-state index contributed by atoms with van der Waals surface area (Å²) < 4.78 is 22.3. The van der Waals surface area contributed by atoms with Crippen LogP contribution in [0.25, 0.3) is 21.9 Å². The second kappa shape index (κ2) is 7.03. The van der Waals surface area contributed by atoms with Gasteiger partial charge in [0.15, 0.2) is 16.9 Å². The summed E-state index contributed by atoms with van der Waals surface area (Å²) in [5.74, 6) is 2.03. The Bertz CT molecular complexity index is 1350. The molecule has 1 aliphatic heterocycles. The molecule has 0 fully saturated rings. The number of esters is 1. The summed E-state index contributed by atoms with van der Waals surface area (Å²) in [5.41, 5.74) is 1.13. The molecule has 0 atom stereocenters. The number of aryl methyl sites for hydroxylation is 2. The standard InChI is InChI=1S/C23H16O6S/c1-12-21-16(24)8-15(14-5-6-17-18(9-14)27-11-26-17)10-19(22(21)13(2)28-12)29-23(25)20-4-3-7-30-20/h3-10H,11H2,1-2H3. The molecule has 7 heteroatoms. The maximum atomic E-state index is 13.1. The fourth-order valence-electron chi connectivity index (χ4n) is 3.61. The Labute approximate surface area is 175 Å². The molecule has 0 spiro atoms. The first-order chi connectivity index (χ1) is 14.5. The molecule has 0 N–H and O–H groups in total. The van der Waals surface area contributed by atoms with Gasteiger partial charge in [0.2, 0.25) is 6.79 Å². The number of carbonyl (C=O) groups is 1. The molecule has 30 heavy (non-hydrogen) atoms. The van der Waals surface area contributed by atoms with Gasteiger partial charge in [0.25, 0.3) is 0 Å². The Morgan fingerprint density at radius 2 is 1.77 bits per heavy atom. The summed E-state index contributed by atoms with van der Waals surface area (Å²) in [6.45, 7) is 3.63. The summed E-state index contributed by atoms with van der Waals surface area (Å²) in [4.78, 5) is 26.2. The highest BCUT2D eigenvalue weighted by atomic mass is 32.1. The first-order valence-corrected chi connectivity index (χ1v) is 10.1. The van der Waals surface area contributed by atoms with Crippen molar-refractivity contribution in [2.24, 2.45) is 0 Å². The minimum absolute atomic E-state index is 0.159. The molecule has 2 aromatic carbocycles. The average molecular weight is 420 g/mol. The van der Waals surface area contributed by atoms with E-state index in [2.05, 4.69) is 0 Å². The van der Waals surface area contributed by atoms with Gasteiger partial charge in [0, 0.05) is 0 Å². The van der Waals surface area contributed by atoms with Gasteiger partial charge in [-0.25, -0.2) is 4.79 Å². The molecule has 2 aromatic heterocycles. The molecule has 4 aromatic rings. The minimum Gasteiger partial charge on any atom is -0.465 e. The number of rotatable bonds is 3. The van der Waals surface area contributed by atoms with E-state index in [-0.39, 0.29) is 18.0 Å². The molecule has 6 nitrogen and oxygen atoms in total. The number of ether oxygens (including phenoxy) is 3. The van der Waals surface area contributed by atoms with E-state index in [1.165, 1.54) is 17.4 Å². The van der Waals surface area contributed by atoms with Crippen molar-refractivity contribution in [3.63, 3.8) is 0 Å². The highest BCUT2D eigenvalue weighted by Crippen LogP contribution is 2.38. The Morgan fingerprint density at radius 1 is 0.967 bits per heavy atom. The lowest BCUT2D eigenvalue weighted by Gasteiger charge is -2.05. The van der Waals surface area contributed by atoms with Crippen LogP contribution in [0.1, 0.15) is 21.2 Å². The van der Waals surface area contributed by atoms with Crippen LogP contribution >= 0.6 is 11.3 Å². The van der Waals surface area contributed by atoms with Crippen LogP contribution in [-0.4, -0.2) is 12.8 Å². The molecule has 0 saturated heterocycles. The van der Waals surface area contributed by atoms with Crippen molar-refractivity contribution >= 4 is 28.1 Å². The molecule has 3 heterocycles. The number of benzene rings is 1. The first-order valence-electron chi connectivity index (χ1n) is 9.25. The zero-order valence-corrected chi connectivity index (χ0v) is 17.0. The lowest BCUT2D eigenvalue weighted by atomic mass is 10.1. The van der Waals surface area contributed by atoms with Gasteiger partial charge in [-0.1, -0.05) is 12.1 Å². The molecule has 0 radical (unpaired) electrons. The Balaban J connectivity index is 1.73. The largest absolute Gasteiger partial charge is 0.465 e. The fraction of sp³-hybridized carbons (Fsp3) is 0.130. The van der Waals surface area contributed by atoms with Gasteiger partial charge in [-0.15, -0.1) is 11.3 Å². The molecule has 0 aliphatic carbocycles. The van der Waals surface area contributed by atoms with E-state index in [4.69, 9.17) is 18.6 Å². The molecule has 0 amide bonds. The van der Waals surface area contributed by atoms with Crippen molar-refractivity contribution in [3.05, 3.63) is 74.5 Å². The SMILES string of the molecule is Cc1oc(C)c2c(=O)cc(-c3ccc4c(c3)OCO4)cc(OC(=O)c3cccs3)c12. The number of carbonyl (C=O) groups excluding carboxylic acids is 1. The van der Waals surface area contributed by atoms with Crippen molar-refractivity contribution in [3.8, 4) is 28.4 Å². The smallest absolute Gasteiger partial charge is 0.353 e. The first kappa shape index (κ1) is 18.4. The molecule has 150 valence electrons. The van der Waals surface area contributed by atoms with Gasteiger partial charge in [0.05, 0.1) is 10.8 Å². The lowest BCUT2D eigenvalue weighted by Crippen LogP contribution is -2.06. The van der Waals surface area contributed by atoms with Crippen LogP contribution in [-0.2, 0) is 0 Å². The Morgan fingerprint density at radius 3 is 2.57 bits per heavy atom. The van der Waals surface area contributed by atoms with Crippen molar-refractivity contribution in [1.82, 2.24) is 0 Å². The molecule has 0 unspecified atom stereocenters. The fourth-order valence-corrected chi connectivity index (χ4v) is 4.21. The van der Waals surface area contributed by atoms with Crippen molar-refractivity contribution in [1.29, 1.82) is 0 Å². The third-order valence-corrected chi connectivity index (χ3v) is 5.81. The van der Waals surface area contributed by atoms with Crippen molar-refractivity contribution < 1.29 is 23.4 Å². The van der Waals surface area contributed by atoms with Crippen LogP contribution in [0.4, 0.5) is 0 Å². The maximum Gasteiger partial charge on any atom is 0.353 e. The van der Waals surface area contributed by atoms with Gasteiger partial charge in [-0.3, -0.25) is 4.79 Å². The highest BCUT2D eigenvalue weighted by Gasteiger charge is 2.20. The summed E-state index contributed by atoms with van der Waals surface area (Å²) >= 11 is 1.29. The molecular weight excluding hydrogens is 404 g/mol. The lowest BCUT2D eigenvalue weighted by molar-refractivity contribution is 0.0742. The number of hydrogen-bond acceptors (Lipinski definition) is 7. The van der Waals surface area contributed by atoms with E-state index in [0.717, 1.165) is 5.56 Å². The molecule has 0 bridgehead atoms. The van der Waals surface area contributed by atoms with Crippen LogP contribution in [0.15, 0.2) is 57.1 Å². The van der Waals surface area contributed by atoms with E-state index >= 15 is 0 Å². The normalized spacial score (nSPS) is 12.3. The van der Waals surface area contributed by atoms with Crippen molar-refractivity contribution in [2.75, 3.05) is 6.79 Å². The van der Waals surface area contributed by atoms with Crippen molar-refractivity contribution in [2.45, 2.75) is 13.8 Å². The highest BCUT2D eigenvalue weighted by molar-refractivity contribution is 7.12. The summed E-state index contributed by atoms with van der Waals surface area (Å²) in [6.07, 6.45) is 0. The third-order valence-electron chi connectivity index (χ3n) is 4.96. The van der Waals surface area contributed by atoms with E-state index in [0.29, 0.717) is 44.2 Å². The molecule has 1 aliphatic rings. The molecule has 5 rings (SSSR count). The average Bonchev–Trinajstić information content (AvgIpc) is 3.44. The summed E-state index contributed by atoms with van der Waals surface area (Å²) in [7, 11) is 0. The summed E-state index contributed by atoms with van der Waals surface area (Å²) in [5, 5.41) is 2.70. The van der Waals surface area contributed by atoms with Gasteiger partial charge in [-0.05, 0) is 60.7 Å². The van der Waals surface area contributed by atoms with E-state index in [1.54, 1.807) is 49.6 Å². The number of furan rings is 1. The summed E-state index contributed by atoms with van der Waals surface area (Å²) in [6, 6.07) is 12.1. The molecule has 0 saturated carbocycles. The van der Waals surface area contributed by atoms with Crippen LogP contribution < -0.4 is 19.6 Å². The Kier molecular flexibility index (Phi) is 4.33. The van der Waals surface area contributed by atoms with Gasteiger partial charge < -0.3 is 18.6 Å². The van der Waals surface area contributed by atoms with E-state index in [1.807, 2.05) is 6.07 Å². The zero-order valence-electron chi connectivity index (χ0n) is 16.2. The number of thiophene rings is 1. The van der Waals surface area contributed by atoms with Crippen LogP contribution in [0.3, 0.4) is 0 Å². The maximum absolute atomic E-state index is 13.1.